The zero-order valence-corrected chi connectivity index (χ0v) is 8.53. The molecule has 1 aromatic carbocycles. The van der Waals surface area contributed by atoms with Crippen molar-refractivity contribution in [1.29, 1.82) is 0 Å². The summed E-state index contributed by atoms with van der Waals surface area (Å²) in [5.41, 5.74) is -0.837. The van der Waals surface area contributed by atoms with Gasteiger partial charge in [-0.15, -0.1) is 0 Å². The number of para-hydroxylation sites is 1. The topological polar surface area (TPSA) is 47.6 Å². The Balaban J connectivity index is 2.12. The van der Waals surface area contributed by atoms with Crippen molar-refractivity contribution in [2.45, 2.75) is 5.60 Å². The van der Waals surface area contributed by atoms with Crippen molar-refractivity contribution in [2.24, 2.45) is 0 Å². The van der Waals surface area contributed by atoms with E-state index < -0.39 is 5.60 Å². The molecule has 1 aromatic rings. The number of esters is 1. The highest BCUT2D eigenvalue weighted by Gasteiger charge is 2.48. The molecule has 1 aliphatic rings. The molecule has 2 rings (SSSR count). The van der Waals surface area contributed by atoms with Crippen LogP contribution in [-0.2, 0) is 9.53 Å². The molecule has 0 saturated carbocycles. The Morgan fingerprint density at radius 3 is 2.47 bits per heavy atom. The van der Waals surface area contributed by atoms with Crippen molar-refractivity contribution in [1.82, 2.24) is 5.32 Å². The zero-order chi connectivity index (χ0) is 10.7. The predicted molar refractivity (Wildman–Crippen MR) is 54.7 cm³/mol. The third-order valence-corrected chi connectivity index (χ3v) is 2.43. The van der Waals surface area contributed by atoms with Crippen molar-refractivity contribution in [2.75, 3.05) is 20.2 Å². The molecule has 0 amide bonds. The van der Waals surface area contributed by atoms with Gasteiger partial charge in [-0.25, -0.2) is 4.79 Å². The molecular weight excluding hydrogens is 194 g/mol. The SMILES string of the molecule is COC(=O)C1(Oc2ccccc2)CNC1. The van der Waals surface area contributed by atoms with Gasteiger partial charge in [0.15, 0.2) is 0 Å². The summed E-state index contributed by atoms with van der Waals surface area (Å²) in [4.78, 5) is 11.5. The summed E-state index contributed by atoms with van der Waals surface area (Å²) in [6.45, 7) is 0.989. The Hall–Kier alpha value is -1.55. The fourth-order valence-electron chi connectivity index (χ4n) is 1.51. The second-order valence-electron chi connectivity index (χ2n) is 3.50. The third kappa shape index (κ3) is 1.80. The van der Waals surface area contributed by atoms with Crippen LogP contribution in [0.2, 0.25) is 0 Å². The molecule has 0 aliphatic carbocycles. The molecule has 80 valence electrons. The number of carbonyl (C=O) groups is 1. The molecule has 0 radical (unpaired) electrons. The summed E-state index contributed by atoms with van der Waals surface area (Å²) < 4.78 is 10.4. The number of hydrogen-bond donors (Lipinski definition) is 1. The Morgan fingerprint density at radius 2 is 2.00 bits per heavy atom. The quantitative estimate of drug-likeness (QED) is 0.736. The molecule has 1 N–H and O–H groups in total. The number of benzene rings is 1. The maximum Gasteiger partial charge on any atom is 0.352 e. The molecule has 4 nitrogen and oxygen atoms in total. The molecule has 15 heavy (non-hydrogen) atoms. The fraction of sp³-hybridized carbons (Fsp3) is 0.364. The van der Waals surface area contributed by atoms with Crippen LogP contribution in [0.1, 0.15) is 0 Å². The van der Waals surface area contributed by atoms with Crippen LogP contribution >= 0.6 is 0 Å². The van der Waals surface area contributed by atoms with Crippen LogP contribution in [0.25, 0.3) is 0 Å². The number of ether oxygens (including phenoxy) is 2. The number of nitrogens with one attached hydrogen (secondary N) is 1. The van der Waals surface area contributed by atoms with Crippen molar-refractivity contribution >= 4 is 5.97 Å². The average molecular weight is 207 g/mol. The molecule has 0 unspecified atom stereocenters. The van der Waals surface area contributed by atoms with E-state index in [2.05, 4.69) is 5.32 Å². The lowest BCUT2D eigenvalue weighted by Crippen LogP contribution is -2.68. The molecule has 0 bridgehead atoms. The maximum absolute atomic E-state index is 11.5. The van der Waals surface area contributed by atoms with Gasteiger partial charge in [-0.1, -0.05) is 18.2 Å². The largest absolute Gasteiger partial charge is 0.473 e. The molecule has 0 aromatic heterocycles. The number of carbonyl (C=O) groups excluding carboxylic acids is 1. The first-order chi connectivity index (χ1) is 7.27. The summed E-state index contributed by atoms with van der Waals surface area (Å²) in [5, 5.41) is 3.01. The maximum atomic E-state index is 11.5. The van der Waals surface area contributed by atoms with Crippen LogP contribution in [0.3, 0.4) is 0 Å². The van der Waals surface area contributed by atoms with Gasteiger partial charge in [0.05, 0.1) is 7.11 Å². The standard InChI is InChI=1S/C11H13NO3/c1-14-10(13)11(7-12-8-11)15-9-5-3-2-4-6-9/h2-6,12H,7-8H2,1H3. The number of methoxy groups -OCH3 is 1. The molecule has 1 saturated heterocycles. The smallest absolute Gasteiger partial charge is 0.352 e. The van der Waals surface area contributed by atoms with Crippen LogP contribution in [-0.4, -0.2) is 31.8 Å². The summed E-state index contributed by atoms with van der Waals surface area (Å²) >= 11 is 0. The van der Waals surface area contributed by atoms with E-state index in [1.165, 1.54) is 7.11 Å². The van der Waals surface area contributed by atoms with E-state index in [9.17, 15) is 4.79 Å². The van der Waals surface area contributed by atoms with Gasteiger partial charge in [0, 0.05) is 13.1 Å². The summed E-state index contributed by atoms with van der Waals surface area (Å²) in [6.07, 6.45) is 0. The molecule has 0 atom stereocenters. The van der Waals surface area contributed by atoms with E-state index in [1.54, 1.807) is 0 Å². The summed E-state index contributed by atoms with van der Waals surface area (Å²) in [5.74, 6) is 0.356. The van der Waals surface area contributed by atoms with Gasteiger partial charge >= 0.3 is 5.97 Å². The molecule has 1 heterocycles. The van der Waals surface area contributed by atoms with Crippen LogP contribution in [0.5, 0.6) is 5.75 Å². The first kappa shape index (κ1) is 9.98. The molecular formula is C11H13NO3. The van der Waals surface area contributed by atoms with Gasteiger partial charge in [-0.3, -0.25) is 0 Å². The highest BCUT2D eigenvalue weighted by Crippen LogP contribution is 2.22. The Labute approximate surface area is 88.2 Å². The Bertz CT molecular complexity index is 346. The van der Waals surface area contributed by atoms with Crippen molar-refractivity contribution < 1.29 is 14.3 Å². The highest BCUT2D eigenvalue weighted by atomic mass is 16.6. The van der Waals surface area contributed by atoms with E-state index in [0.717, 1.165) is 0 Å². The van der Waals surface area contributed by atoms with Crippen LogP contribution in [0, 0.1) is 0 Å². The summed E-state index contributed by atoms with van der Waals surface area (Å²) in [6, 6.07) is 9.28. The molecule has 0 spiro atoms. The van der Waals surface area contributed by atoms with Crippen molar-refractivity contribution in [3.63, 3.8) is 0 Å². The lowest BCUT2D eigenvalue weighted by atomic mass is 9.97. The second kappa shape index (κ2) is 3.90. The van der Waals surface area contributed by atoms with Gasteiger partial charge in [0.1, 0.15) is 5.75 Å². The van der Waals surface area contributed by atoms with Gasteiger partial charge in [-0.05, 0) is 12.1 Å². The molecule has 1 fully saturated rings. The number of rotatable bonds is 3. The summed E-state index contributed by atoms with van der Waals surface area (Å²) in [7, 11) is 1.37. The van der Waals surface area contributed by atoms with Crippen molar-refractivity contribution in [3.8, 4) is 5.75 Å². The van der Waals surface area contributed by atoms with Crippen LogP contribution < -0.4 is 10.1 Å². The zero-order valence-electron chi connectivity index (χ0n) is 8.53. The minimum atomic E-state index is -0.837. The van der Waals surface area contributed by atoms with E-state index in [0.29, 0.717) is 18.8 Å². The third-order valence-electron chi connectivity index (χ3n) is 2.43. The highest BCUT2D eigenvalue weighted by molar-refractivity contribution is 5.82. The minimum Gasteiger partial charge on any atom is -0.473 e. The predicted octanol–water partition coefficient (Wildman–Crippen LogP) is 0.580. The lowest BCUT2D eigenvalue weighted by Gasteiger charge is -2.39. The normalized spacial score (nSPS) is 17.7. The first-order valence-electron chi connectivity index (χ1n) is 4.80. The number of hydrogen-bond acceptors (Lipinski definition) is 4. The monoisotopic (exact) mass is 207 g/mol. The van der Waals surface area contributed by atoms with E-state index in [-0.39, 0.29) is 5.97 Å². The lowest BCUT2D eigenvalue weighted by molar-refractivity contribution is -0.163. The van der Waals surface area contributed by atoms with E-state index in [1.807, 2.05) is 30.3 Å². The fourth-order valence-corrected chi connectivity index (χ4v) is 1.51. The van der Waals surface area contributed by atoms with Gasteiger partial charge < -0.3 is 14.8 Å². The van der Waals surface area contributed by atoms with E-state index >= 15 is 0 Å². The molecule has 1 aliphatic heterocycles. The first-order valence-corrected chi connectivity index (χ1v) is 4.80. The van der Waals surface area contributed by atoms with E-state index in [4.69, 9.17) is 9.47 Å². The second-order valence-corrected chi connectivity index (χ2v) is 3.50. The van der Waals surface area contributed by atoms with Crippen molar-refractivity contribution in [3.05, 3.63) is 30.3 Å². The van der Waals surface area contributed by atoms with Gasteiger partial charge in [0.25, 0.3) is 0 Å². The molecule has 4 heteroatoms. The van der Waals surface area contributed by atoms with Crippen LogP contribution in [0.4, 0.5) is 0 Å². The van der Waals surface area contributed by atoms with Gasteiger partial charge in [0.2, 0.25) is 5.60 Å². The Kier molecular flexibility index (Phi) is 2.60. The average Bonchev–Trinajstić information content (AvgIpc) is 2.24. The Morgan fingerprint density at radius 1 is 1.33 bits per heavy atom. The minimum absolute atomic E-state index is 0.329. The van der Waals surface area contributed by atoms with Gasteiger partial charge in [-0.2, -0.15) is 0 Å². The van der Waals surface area contributed by atoms with Crippen LogP contribution in [0.15, 0.2) is 30.3 Å².